The molecule has 0 aliphatic heterocycles. The summed E-state index contributed by atoms with van der Waals surface area (Å²) >= 11 is 7.30. The summed E-state index contributed by atoms with van der Waals surface area (Å²) in [7, 11) is 0. The van der Waals surface area contributed by atoms with E-state index in [2.05, 4.69) is 5.32 Å². The Hall–Kier alpha value is -1.84. The van der Waals surface area contributed by atoms with Crippen molar-refractivity contribution in [2.75, 3.05) is 5.32 Å². The van der Waals surface area contributed by atoms with Crippen LogP contribution in [0.1, 0.15) is 9.67 Å². The molecule has 1 N–H and O–H groups in total. The summed E-state index contributed by atoms with van der Waals surface area (Å²) in [6.45, 7) is 0. The molecule has 1 aromatic heterocycles. The lowest BCUT2D eigenvalue weighted by atomic mass is 10.2. The van der Waals surface area contributed by atoms with E-state index >= 15 is 0 Å². The molecule has 0 fully saturated rings. The SMILES string of the molecule is O=C(Nc1ccc(Cl)cc1)c1cc2ccccc2s1. The van der Waals surface area contributed by atoms with Crippen molar-refractivity contribution in [2.45, 2.75) is 0 Å². The fraction of sp³-hybridized carbons (Fsp3) is 0. The van der Waals surface area contributed by atoms with Gasteiger partial charge in [0.05, 0.1) is 4.88 Å². The zero-order valence-corrected chi connectivity index (χ0v) is 11.5. The second-order valence-electron chi connectivity index (χ2n) is 4.11. The third-order valence-electron chi connectivity index (χ3n) is 2.75. The summed E-state index contributed by atoms with van der Waals surface area (Å²) in [6, 6.07) is 16.9. The van der Waals surface area contributed by atoms with Gasteiger partial charge in [-0.15, -0.1) is 11.3 Å². The van der Waals surface area contributed by atoms with E-state index in [1.54, 1.807) is 24.3 Å². The molecule has 0 unspecified atom stereocenters. The van der Waals surface area contributed by atoms with Gasteiger partial charge in [0.25, 0.3) is 5.91 Å². The van der Waals surface area contributed by atoms with E-state index < -0.39 is 0 Å². The van der Waals surface area contributed by atoms with Gasteiger partial charge in [0.1, 0.15) is 0 Å². The third kappa shape index (κ3) is 2.62. The highest BCUT2D eigenvalue weighted by Crippen LogP contribution is 2.26. The van der Waals surface area contributed by atoms with Crippen LogP contribution in [0.5, 0.6) is 0 Å². The molecular formula is C15H10ClNOS. The maximum Gasteiger partial charge on any atom is 0.265 e. The summed E-state index contributed by atoms with van der Waals surface area (Å²) in [4.78, 5) is 12.8. The summed E-state index contributed by atoms with van der Waals surface area (Å²) in [5.41, 5.74) is 0.742. The van der Waals surface area contributed by atoms with Crippen molar-refractivity contribution in [3.63, 3.8) is 0 Å². The summed E-state index contributed by atoms with van der Waals surface area (Å²) < 4.78 is 1.11. The summed E-state index contributed by atoms with van der Waals surface area (Å²) in [5.74, 6) is -0.0940. The molecule has 1 heterocycles. The Morgan fingerprint density at radius 3 is 2.53 bits per heavy atom. The maximum absolute atomic E-state index is 12.1. The van der Waals surface area contributed by atoms with E-state index in [-0.39, 0.29) is 5.91 Å². The van der Waals surface area contributed by atoms with E-state index in [0.717, 1.165) is 15.8 Å². The van der Waals surface area contributed by atoms with Crippen LogP contribution in [0.4, 0.5) is 5.69 Å². The highest BCUT2D eigenvalue weighted by atomic mass is 35.5. The topological polar surface area (TPSA) is 29.1 Å². The molecular weight excluding hydrogens is 278 g/mol. The molecule has 2 nitrogen and oxygen atoms in total. The van der Waals surface area contributed by atoms with Crippen LogP contribution >= 0.6 is 22.9 Å². The highest BCUT2D eigenvalue weighted by Gasteiger charge is 2.10. The van der Waals surface area contributed by atoms with Crippen LogP contribution < -0.4 is 5.32 Å². The molecule has 94 valence electrons. The normalized spacial score (nSPS) is 10.6. The van der Waals surface area contributed by atoms with Crippen LogP contribution in [-0.2, 0) is 0 Å². The first-order chi connectivity index (χ1) is 9.22. The number of amides is 1. The zero-order chi connectivity index (χ0) is 13.2. The van der Waals surface area contributed by atoms with Crippen LogP contribution in [0.2, 0.25) is 5.02 Å². The largest absolute Gasteiger partial charge is 0.321 e. The van der Waals surface area contributed by atoms with E-state index in [4.69, 9.17) is 11.6 Å². The Labute approximate surface area is 119 Å². The minimum absolute atomic E-state index is 0.0940. The van der Waals surface area contributed by atoms with Crippen molar-refractivity contribution in [1.82, 2.24) is 0 Å². The Kier molecular flexibility index (Phi) is 3.23. The van der Waals surface area contributed by atoms with Gasteiger partial charge in [-0.25, -0.2) is 0 Å². The lowest BCUT2D eigenvalue weighted by molar-refractivity contribution is 0.103. The van der Waals surface area contributed by atoms with Crippen molar-refractivity contribution in [1.29, 1.82) is 0 Å². The third-order valence-corrected chi connectivity index (χ3v) is 4.12. The molecule has 19 heavy (non-hydrogen) atoms. The number of nitrogens with one attached hydrogen (secondary N) is 1. The maximum atomic E-state index is 12.1. The minimum Gasteiger partial charge on any atom is -0.321 e. The zero-order valence-electron chi connectivity index (χ0n) is 9.89. The first kappa shape index (κ1) is 12.2. The van der Waals surface area contributed by atoms with Crippen LogP contribution in [0, 0.1) is 0 Å². The van der Waals surface area contributed by atoms with Gasteiger partial charge < -0.3 is 5.32 Å². The Morgan fingerprint density at radius 1 is 1.05 bits per heavy atom. The second-order valence-corrected chi connectivity index (χ2v) is 5.63. The van der Waals surface area contributed by atoms with Gasteiger partial charge in [0.15, 0.2) is 0 Å². The number of hydrogen-bond acceptors (Lipinski definition) is 2. The molecule has 0 saturated heterocycles. The van der Waals surface area contributed by atoms with Crippen LogP contribution in [-0.4, -0.2) is 5.91 Å². The number of hydrogen-bond donors (Lipinski definition) is 1. The Morgan fingerprint density at radius 2 is 1.79 bits per heavy atom. The first-order valence-corrected chi connectivity index (χ1v) is 6.97. The molecule has 0 saturated carbocycles. The summed E-state index contributed by atoms with van der Waals surface area (Å²) in [6.07, 6.45) is 0. The van der Waals surface area contributed by atoms with Crippen molar-refractivity contribution in [3.05, 3.63) is 64.5 Å². The number of halogens is 1. The van der Waals surface area contributed by atoms with Gasteiger partial charge in [0.2, 0.25) is 0 Å². The van der Waals surface area contributed by atoms with Crippen LogP contribution in [0.15, 0.2) is 54.6 Å². The van der Waals surface area contributed by atoms with Gasteiger partial charge in [0, 0.05) is 15.4 Å². The van der Waals surface area contributed by atoms with Crippen molar-refractivity contribution in [2.24, 2.45) is 0 Å². The average Bonchev–Trinajstić information content (AvgIpc) is 2.85. The molecule has 0 aliphatic rings. The smallest absolute Gasteiger partial charge is 0.265 e. The van der Waals surface area contributed by atoms with Gasteiger partial charge in [-0.1, -0.05) is 29.8 Å². The number of rotatable bonds is 2. The van der Waals surface area contributed by atoms with Gasteiger partial charge in [-0.05, 0) is 41.8 Å². The van der Waals surface area contributed by atoms with Gasteiger partial charge in [-0.3, -0.25) is 4.79 Å². The Balaban J connectivity index is 1.85. The number of carbonyl (C=O) groups is 1. The first-order valence-electron chi connectivity index (χ1n) is 5.78. The van der Waals surface area contributed by atoms with Crippen LogP contribution in [0.25, 0.3) is 10.1 Å². The lowest BCUT2D eigenvalue weighted by Gasteiger charge is -2.02. The molecule has 0 radical (unpaired) electrons. The van der Waals surface area contributed by atoms with Crippen molar-refractivity contribution in [3.8, 4) is 0 Å². The second kappa shape index (κ2) is 5.03. The molecule has 4 heteroatoms. The molecule has 0 bridgehead atoms. The van der Waals surface area contributed by atoms with E-state index in [1.807, 2.05) is 30.3 Å². The van der Waals surface area contributed by atoms with E-state index in [0.29, 0.717) is 9.90 Å². The number of benzene rings is 2. The molecule has 0 atom stereocenters. The minimum atomic E-state index is -0.0940. The van der Waals surface area contributed by atoms with Gasteiger partial charge in [-0.2, -0.15) is 0 Å². The lowest BCUT2D eigenvalue weighted by Crippen LogP contribution is -2.09. The molecule has 1 amide bonds. The van der Waals surface area contributed by atoms with E-state index in [1.165, 1.54) is 11.3 Å². The fourth-order valence-corrected chi connectivity index (χ4v) is 2.90. The average molecular weight is 288 g/mol. The van der Waals surface area contributed by atoms with Crippen molar-refractivity contribution >= 4 is 44.6 Å². The molecule has 3 aromatic rings. The molecule has 0 aliphatic carbocycles. The quantitative estimate of drug-likeness (QED) is 0.720. The number of carbonyl (C=O) groups excluding carboxylic acids is 1. The van der Waals surface area contributed by atoms with E-state index in [9.17, 15) is 4.79 Å². The molecule has 0 spiro atoms. The number of fused-ring (bicyclic) bond motifs is 1. The summed E-state index contributed by atoms with van der Waals surface area (Å²) in [5, 5.41) is 4.60. The Bertz CT molecular complexity index is 700. The number of thiophene rings is 1. The van der Waals surface area contributed by atoms with Crippen LogP contribution in [0.3, 0.4) is 0 Å². The predicted molar refractivity (Wildman–Crippen MR) is 81.2 cm³/mol. The highest BCUT2D eigenvalue weighted by molar-refractivity contribution is 7.20. The van der Waals surface area contributed by atoms with Gasteiger partial charge >= 0.3 is 0 Å². The monoisotopic (exact) mass is 287 g/mol. The fourth-order valence-electron chi connectivity index (χ4n) is 1.82. The number of anilines is 1. The van der Waals surface area contributed by atoms with Crippen molar-refractivity contribution < 1.29 is 4.79 Å². The standard InChI is InChI=1S/C15H10ClNOS/c16-11-5-7-12(8-6-11)17-15(18)14-9-10-3-1-2-4-13(10)19-14/h1-9H,(H,17,18). The molecule has 3 rings (SSSR count). The predicted octanol–water partition coefficient (Wildman–Crippen LogP) is 4.81. The molecule has 2 aromatic carbocycles.